The second kappa shape index (κ2) is 4.25. The minimum atomic E-state index is -4.50. The van der Waals surface area contributed by atoms with Gasteiger partial charge in [0.15, 0.2) is 5.78 Å². The fourth-order valence-electron chi connectivity index (χ4n) is 1.08. The van der Waals surface area contributed by atoms with Gasteiger partial charge in [-0.3, -0.25) is 4.79 Å². The maximum absolute atomic E-state index is 12.6. The number of benzene rings is 1. The van der Waals surface area contributed by atoms with Gasteiger partial charge in [0.25, 0.3) is 0 Å². The summed E-state index contributed by atoms with van der Waals surface area (Å²) in [6.07, 6.45) is -4.50. The summed E-state index contributed by atoms with van der Waals surface area (Å²) in [6.45, 7) is 1.22. The molecule has 15 heavy (non-hydrogen) atoms. The van der Waals surface area contributed by atoms with Gasteiger partial charge in [-0.15, -0.1) is 0 Å². The van der Waals surface area contributed by atoms with Crippen molar-refractivity contribution in [3.63, 3.8) is 0 Å². The van der Waals surface area contributed by atoms with Crippen molar-refractivity contribution in [3.05, 3.63) is 32.2 Å². The van der Waals surface area contributed by atoms with Crippen molar-refractivity contribution in [1.82, 2.24) is 0 Å². The van der Waals surface area contributed by atoms with Crippen LogP contribution in [-0.2, 0) is 6.18 Å². The third-order valence-electron chi connectivity index (χ3n) is 1.75. The summed E-state index contributed by atoms with van der Waals surface area (Å²) in [6, 6.07) is 2.55. The molecule has 0 unspecified atom stereocenters. The van der Waals surface area contributed by atoms with Gasteiger partial charge in [-0.25, -0.2) is 0 Å². The van der Waals surface area contributed by atoms with Gasteiger partial charge in [-0.05, 0) is 35.0 Å². The van der Waals surface area contributed by atoms with Crippen molar-refractivity contribution < 1.29 is 18.0 Å². The Morgan fingerprint density at radius 3 is 2.20 bits per heavy atom. The molecule has 0 aliphatic carbocycles. The first-order chi connectivity index (χ1) is 6.75. The van der Waals surface area contributed by atoms with Crippen LogP contribution in [0.2, 0.25) is 0 Å². The van der Waals surface area contributed by atoms with E-state index in [1.54, 1.807) is 0 Å². The Morgan fingerprint density at radius 2 is 1.80 bits per heavy atom. The second-order valence-electron chi connectivity index (χ2n) is 2.84. The lowest BCUT2D eigenvalue weighted by Crippen LogP contribution is -2.10. The van der Waals surface area contributed by atoms with Crippen LogP contribution in [0.25, 0.3) is 0 Å². The predicted molar refractivity (Wildman–Crippen MR) is 56.8 cm³/mol. The van der Waals surface area contributed by atoms with E-state index in [9.17, 15) is 18.0 Å². The Hall–Kier alpha value is -0.360. The number of rotatable bonds is 1. The van der Waals surface area contributed by atoms with Crippen LogP contribution in [0.15, 0.2) is 21.1 Å². The highest BCUT2D eigenvalue weighted by Crippen LogP contribution is 2.41. The molecule has 0 heterocycles. The predicted octanol–water partition coefficient (Wildman–Crippen LogP) is 4.43. The summed E-state index contributed by atoms with van der Waals surface area (Å²) in [5, 5.41) is 0. The third kappa shape index (κ3) is 2.60. The Labute approximate surface area is 101 Å². The van der Waals surface area contributed by atoms with Crippen molar-refractivity contribution in [2.24, 2.45) is 0 Å². The molecule has 0 spiro atoms. The summed E-state index contributed by atoms with van der Waals surface area (Å²) in [5.74, 6) is -0.417. The fraction of sp³-hybridized carbons (Fsp3) is 0.222. The lowest BCUT2D eigenvalue weighted by molar-refractivity contribution is -0.138. The Kier molecular flexibility index (Phi) is 3.60. The van der Waals surface area contributed by atoms with Crippen LogP contribution in [0.5, 0.6) is 0 Å². The lowest BCUT2D eigenvalue weighted by atomic mass is 10.1. The number of hydrogen-bond donors (Lipinski definition) is 0. The number of ketones is 1. The minimum absolute atomic E-state index is 0.0190. The maximum atomic E-state index is 12.6. The Bertz CT molecular complexity index is 413. The molecule has 82 valence electrons. The molecule has 0 radical (unpaired) electrons. The number of alkyl halides is 3. The van der Waals surface area contributed by atoms with Gasteiger partial charge >= 0.3 is 6.18 Å². The first kappa shape index (κ1) is 12.7. The zero-order valence-corrected chi connectivity index (χ0v) is 10.6. The Balaban J connectivity index is 3.51. The molecule has 0 saturated heterocycles. The monoisotopic (exact) mass is 344 g/mol. The molecule has 1 nitrogen and oxygen atoms in total. The van der Waals surface area contributed by atoms with E-state index in [0.717, 1.165) is 0 Å². The third-order valence-corrected chi connectivity index (χ3v) is 3.24. The lowest BCUT2D eigenvalue weighted by Gasteiger charge is -2.13. The molecular weight excluding hydrogens is 341 g/mol. The molecule has 0 aromatic heterocycles. The average Bonchev–Trinajstić information content (AvgIpc) is 2.00. The zero-order chi connectivity index (χ0) is 11.8. The van der Waals surface area contributed by atoms with Crippen LogP contribution in [0.4, 0.5) is 13.2 Å². The molecule has 1 aromatic carbocycles. The minimum Gasteiger partial charge on any atom is -0.294 e. The van der Waals surface area contributed by atoms with Gasteiger partial charge in [-0.2, -0.15) is 13.2 Å². The zero-order valence-electron chi connectivity index (χ0n) is 7.45. The van der Waals surface area contributed by atoms with Crippen LogP contribution in [0.3, 0.4) is 0 Å². The van der Waals surface area contributed by atoms with E-state index in [-0.39, 0.29) is 14.5 Å². The fourth-order valence-corrected chi connectivity index (χ4v) is 2.76. The van der Waals surface area contributed by atoms with Crippen LogP contribution in [-0.4, -0.2) is 5.78 Å². The molecule has 1 rings (SSSR count). The molecule has 0 aliphatic heterocycles. The molecule has 0 bridgehead atoms. The van der Waals surface area contributed by atoms with Gasteiger partial charge in [0.2, 0.25) is 0 Å². The number of carbonyl (C=O) groups is 1. The van der Waals surface area contributed by atoms with Gasteiger partial charge in [0.05, 0.1) is 5.56 Å². The number of carbonyl (C=O) groups excluding carboxylic acids is 1. The molecule has 0 N–H and O–H groups in total. The van der Waals surface area contributed by atoms with Crippen LogP contribution >= 0.6 is 31.9 Å². The molecule has 0 amide bonds. The smallest absolute Gasteiger partial charge is 0.294 e. The molecule has 1 aromatic rings. The van der Waals surface area contributed by atoms with Gasteiger partial charge < -0.3 is 0 Å². The van der Waals surface area contributed by atoms with E-state index in [4.69, 9.17) is 0 Å². The molecular formula is C9H5Br2F3O. The van der Waals surface area contributed by atoms with E-state index in [2.05, 4.69) is 31.9 Å². The summed E-state index contributed by atoms with van der Waals surface area (Å²) in [5.41, 5.74) is -0.847. The van der Waals surface area contributed by atoms with Crippen LogP contribution in [0.1, 0.15) is 22.8 Å². The maximum Gasteiger partial charge on any atom is 0.418 e. The summed E-state index contributed by atoms with van der Waals surface area (Å²) in [4.78, 5) is 11.0. The molecule has 0 aliphatic rings. The average molecular weight is 346 g/mol. The Morgan fingerprint density at radius 1 is 1.27 bits per heavy atom. The first-order valence-corrected chi connectivity index (χ1v) is 5.40. The van der Waals surface area contributed by atoms with E-state index in [0.29, 0.717) is 0 Å². The van der Waals surface area contributed by atoms with Gasteiger partial charge in [-0.1, -0.05) is 15.9 Å². The standard InChI is InChI=1S/C9H5Br2F3O/c1-4(15)5-2-3-6(10)7(8(5)11)9(12,13)14/h2-3H,1H3. The molecule has 0 saturated carbocycles. The molecule has 0 atom stereocenters. The SMILES string of the molecule is CC(=O)c1ccc(Br)c(C(F)(F)F)c1Br. The normalized spacial score (nSPS) is 11.6. The summed E-state index contributed by atoms with van der Waals surface area (Å²) >= 11 is 5.60. The summed E-state index contributed by atoms with van der Waals surface area (Å²) < 4.78 is 37.4. The van der Waals surface area contributed by atoms with Gasteiger partial charge in [0, 0.05) is 14.5 Å². The van der Waals surface area contributed by atoms with Crippen molar-refractivity contribution in [2.45, 2.75) is 13.1 Å². The van der Waals surface area contributed by atoms with Crippen molar-refractivity contribution >= 4 is 37.6 Å². The van der Waals surface area contributed by atoms with Crippen LogP contribution < -0.4 is 0 Å². The van der Waals surface area contributed by atoms with Crippen molar-refractivity contribution in [2.75, 3.05) is 0 Å². The van der Waals surface area contributed by atoms with Crippen molar-refractivity contribution in [3.8, 4) is 0 Å². The topological polar surface area (TPSA) is 17.1 Å². The quantitative estimate of drug-likeness (QED) is 0.688. The molecule has 0 fully saturated rings. The number of Topliss-reactive ketones (excluding diaryl/α,β-unsaturated/α-hetero) is 1. The highest BCUT2D eigenvalue weighted by Gasteiger charge is 2.36. The van der Waals surface area contributed by atoms with E-state index in [1.807, 2.05) is 0 Å². The highest BCUT2D eigenvalue weighted by atomic mass is 79.9. The number of halogens is 5. The summed E-state index contributed by atoms with van der Waals surface area (Å²) in [7, 11) is 0. The van der Waals surface area contributed by atoms with E-state index >= 15 is 0 Å². The molecule has 6 heteroatoms. The second-order valence-corrected chi connectivity index (χ2v) is 4.49. The van der Waals surface area contributed by atoms with Crippen LogP contribution in [0, 0.1) is 0 Å². The first-order valence-electron chi connectivity index (χ1n) is 3.81. The largest absolute Gasteiger partial charge is 0.418 e. The van der Waals surface area contributed by atoms with E-state index < -0.39 is 17.5 Å². The van der Waals surface area contributed by atoms with Gasteiger partial charge in [0.1, 0.15) is 0 Å². The van der Waals surface area contributed by atoms with E-state index in [1.165, 1.54) is 19.1 Å². The number of hydrogen-bond acceptors (Lipinski definition) is 1. The van der Waals surface area contributed by atoms with Crippen molar-refractivity contribution in [1.29, 1.82) is 0 Å². The highest BCUT2D eigenvalue weighted by molar-refractivity contribution is 9.11.